The summed E-state index contributed by atoms with van der Waals surface area (Å²) in [6.45, 7) is 0. The fraction of sp³-hybridized carbons (Fsp3) is 0.286. The molecule has 0 radical (unpaired) electrons. The summed E-state index contributed by atoms with van der Waals surface area (Å²) in [5, 5.41) is 4.38. The molecule has 0 amide bonds. The molecule has 0 N–H and O–H groups in total. The number of hydrogen-bond donors (Lipinski definition) is 0. The molecule has 0 bridgehead atoms. The topological polar surface area (TPSA) is 6.48 Å². The Morgan fingerprint density at radius 1 is 1.06 bits per heavy atom. The molecule has 16 heavy (non-hydrogen) atoms. The quantitative estimate of drug-likeness (QED) is 0.713. The van der Waals surface area contributed by atoms with Crippen molar-refractivity contribution in [2.24, 2.45) is 0 Å². The highest BCUT2D eigenvalue weighted by Gasteiger charge is 2.14. The van der Waals surface area contributed by atoms with E-state index >= 15 is 0 Å². The van der Waals surface area contributed by atoms with Crippen molar-refractivity contribution in [3.63, 3.8) is 0 Å². The monoisotopic (exact) mass is 214 g/mol. The van der Waals surface area contributed by atoms with E-state index in [9.17, 15) is 0 Å². The van der Waals surface area contributed by atoms with Crippen LogP contribution in [0.2, 0.25) is 0 Å². The van der Waals surface area contributed by atoms with Gasteiger partial charge < -0.3 is 0 Å². The van der Waals surface area contributed by atoms with Gasteiger partial charge in [0.15, 0.2) is 0 Å². The summed E-state index contributed by atoms with van der Waals surface area (Å²) in [6, 6.07) is 10.5. The predicted molar refractivity (Wildman–Crippen MR) is 69.1 cm³/mol. The van der Waals surface area contributed by atoms with E-state index in [4.69, 9.17) is 0 Å². The van der Waals surface area contributed by atoms with E-state index in [1.807, 2.05) is 6.07 Å². The van der Waals surface area contributed by atoms with Gasteiger partial charge in [0.25, 0.3) is 0 Å². The van der Waals surface area contributed by atoms with Crippen molar-refractivity contribution >= 4 is 5.69 Å². The van der Waals surface area contributed by atoms with Crippen molar-refractivity contribution in [1.29, 1.82) is 0 Å². The summed E-state index contributed by atoms with van der Waals surface area (Å²) < 4.78 is 0. The molecule has 0 spiro atoms. The second-order valence-electron chi connectivity index (χ2n) is 4.12. The summed E-state index contributed by atoms with van der Waals surface area (Å²) in [6.07, 6.45) is 8.77. The molecule has 0 aliphatic heterocycles. The average Bonchev–Trinajstić information content (AvgIpc) is 2.31. The van der Waals surface area contributed by atoms with E-state index in [2.05, 4.69) is 66.6 Å². The maximum atomic E-state index is 2.25. The third-order valence-electron chi connectivity index (χ3n) is 2.66. The maximum Gasteiger partial charge on any atom is 0.0576 e. The highest BCUT2D eigenvalue weighted by molar-refractivity contribution is 5.51. The lowest BCUT2D eigenvalue weighted by atomic mass is 10.1. The second kappa shape index (κ2) is 4.99. The molecule has 1 aromatic rings. The van der Waals surface area contributed by atoms with Crippen LogP contribution in [-0.2, 0) is 0 Å². The summed E-state index contributed by atoms with van der Waals surface area (Å²) in [4.78, 5) is 0. The molecule has 84 valence electrons. The van der Waals surface area contributed by atoms with Gasteiger partial charge in [-0.15, -0.1) is 0 Å². The standard InChI is InChI=1S/C14H18N2/c1-15(2)16(13-9-5-3-6-10-13)14-11-7-4-8-12-14/h3-7,9-11H,8,12H2,1-2H3. The van der Waals surface area contributed by atoms with Gasteiger partial charge in [-0.3, -0.25) is 5.01 Å². The zero-order valence-corrected chi connectivity index (χ0v) is 9.93. The first-order valence-electron chi connectivity index (χ1n) is 5.67. The van der Waals surface area contributed by atoms with Crippen LogP contribution in [0.1, 0.15) is 12.8 Å². The lowest BCUT2D eigenvalue weighted by Gasteiger charge is -2.33. The lowest BCUT2D eigenvalue weighted by Crippen LogP contribution is -2.36. The van der Waals surface area contributed by atoms with Gasteiger partial charge in [-0.05, 0) is 31.1 Å². The van der Waals surface area contributed by atoms with Gasteiger partial charge in [-0.2, -0.15) is 0 Å². The molecule has 0 heterocycles. The van der Waals surface area contributed by atoms with Crippen molar-refractivity contribution in [1.82, 2.24) is 5.01 Å². The van der Waals surface area contributed by atoms with Crippen LogP contribution in [0.5, 0.6) is 0 Å². The smallest absolute Gasteiger partial charge is 0.0576 e. The zero-order valence-electron chi connectivity index (χ0n) is 9.93. The van der Waals surface area contributed by atoms with Gasteiger partial charge in [0.05, 0.1) is 5.69 Å². The van der Waals surface area contributed by atoms with Crippen LogP contribution in [0.3, 0.4) is 0 Å². The van der Waals surface area contributed by atoms with Crippen molar-refractivity contribution in [2.45, 2.75) is 12.8 Å². The first-order valence-corrected chi connectivity index (χ1v) is 5.67. The summed E-state index contributed by atoms with van der Waals surface area (Å²) >= 11 is 0. The molecule has 2 heteroatoms. The maximum absolute atomic E-state index is 2.25. The fourth-order valence-corrected chi connectivity index (χ4v) is 1.99. The first kappa shape index (κ1) is 11.0. The Kier molecular flexibility index (Phi) is 3.42. The minimum atomic E-state index is 1.10. The third kappa shape index (κ3) is 2.34. The predicted octanol–water partition coefficient (Wildman–Crippen LogP) is 3.20. The third-order valence-corrected chi connectivity index (χ3v) is 2.66. The summed E-state index contributed by atoms with van der Waals surface area (Å²) in [7, 11) is 4.15. The van der Waals surface area contributed by atoms with E-state index in [-0.39, 0.29) is 0 Å². The van der Waals surface area contributed by atoms with Gasteiger partial charge in [0, 0.05) is 19.8 Å². The Morgan fingerprint density at radius 3 is 2.38 bits per heavy atom. The van der Waals surface area contributed by atoms with E-state index < -0.39 is 0 Å². The van der Waals surface area contributed by atoms with Gasteiger partial charge in [-0.25, -0.2) is 5.01 Å². The van der Waals surface area contributed by atoms with Crippen LogP contribution in [0.15, 0.2) is 54.3 Å². The van der Waals surface area contributed by atoms with Gasteiger partial charge in [0.2, 0.25) is 0 Å². The number of allylic oxidation sites excluding steroid dienone is 4. The van der Waals surface area contributed by atoms with Gasteiger partial charge >= 0.3 is 0 Å². The molecule has 0 atom stereocenters. The molecule has 1 aromatic carbocycles. The van der Waals surface area contributed by atoms with E-state index in [1.165, 1.54) is 11.4 Å². The van der Waals surface area contributed by atoms with Crippen LogP contribution in [-0.4, -0.2) is 19.1 Å². The molecule has 1 aliphatic rings. The molecule has 0 fully saturated rings. The summed E-state index contributed by atoms with van der Waals surface area (Å²) in [5.41, 5.74) is 2.56. The number of para-hydroxylation sites is 1. The number of anilines is 1. The minimum absolute atomic E-state index is 1.10. The van der Waals surface area contributed by atoms with E-state index in [0.29, 0.717) is 0 Å². The van der Waals surface area contributed by atoms with Gasteiger partial charge in [0.1, 0.15) is 0 Å². The lowest BCUT2D eigenvalue weighted by molar-refractivity contribution is 0.394. The zero-order chi connectivity index (χ0) is 11.4. The van der Waals surface area contributed by atoms with Gasteiger partial charge in [-0.1, -0.05) is 30.4 Å². The van der Waals surface area contributed by atoms with E-state index in [0.717, 1.165) is 12.8 Å². The molecule has 0 aromatic heterocycles. The number of benzene rings is 1. The Balaban J connectivity index is 2.31. The van der Waals surface area contributed by atoms with Crippen LogP contribution in [0, 0.1) is 0 Å². The number of hydrogen-bond acceptors (Lipinski definition) is 2. The minimum Gasteiger partial charge on any atom is -0.279 e. The molecule has 0 saturated heterocycles. The highest BCUT2D eigenvalue weighted by Crippen LogP contribution is 2.24. The first-order chi connectivity index (χ1) is 7.79. The normalized spacial score (nSPS) is 15.1. The van der Waals surface area contributed by atoms with Crippen molar-refractivity contribution in [3.8, 4) is 0 Å². The number of hydrazine groups is 1. The molecular formula is C14H18N2. The molecule has 0 unspecified atom stereocenters. The van der Waals surface area contributed by atoms with Crippen molar-refractivity contribution in [2.75, 3.05) is 19.1 Å². The summed E-state index contributed by atoms with van der Waals surface area (Å²) in [5.74, 6) is 0. The Morgan fingerprint density at radius 2 is 1.81 bits per heavy atom. The van der Waals surface area contributed by atoms with E-state index in [1.54, 1.807) is 0 Å². The number of rotatable bonds is 3. The molecular weight excluding hydrogens is 196 g/mol. The van der Waals surface area contributed by atoms with Crippen LogP contribution in [0.4, 0.5) is 5.69 Å². The van der Waals surface area contributed by atoms with Crippen LogP contribution >= 0.6 is 0 Å². The Bertz CT molecular complexity index is 390. The molecule has 2 rings (SSSR count). The molecule has 1 aliphatic carbocycles. The Hall–Kier alpha value is -1.54. The SMILES string of the molecule is CN(C)N(C1=CC=CCC1)c1ccccc1. The van der Waals surface area contributed by atoms with Crippen molar-refractivity contribution < 1.29 is 0 Å². The second-order valence-corrected chi connectivity index (χ2v) is 4.12. The fourth-order valence-electron chi connectivity index (χ4n) is 1.99. The highest BCUT2D eigenvalue weighted by atomic mass is 15.6. The van der Waals surface area contributed by atoms with Crippen LogP contribution in [0.25, 0.3) is 0 Å². The van der Waals surface area contributed by atoms with Crippen LogP contribution < -0.4 is 5.01 Å². The Labute approximate surface area is 97.5 Å². The molecule has 2 nitrogen and oxygen atoms in total. The largest absolute Gasteiger partial charge is 0.279 e. The average molecular weight is 214 g/mol. The molecule has 0 saturated carbocycles. The van der Waals surface area contributed by atoms with Crippen molar-refractivity contribution in [3.05, 3.63) is 54.3 Å². The number of nitrogens with zero attached hydrogens (tertiary/aromatic N) is 2.